The zero-order valence-corrected chi connectivity index (χ0v) is 18.2. The van der Waals surface area contributed by atoms with Gasteiger partial charge in [0.25, 0.3) is 5.91 Å². The molecule has 3 rings (SSSR count). The summed E-state index contributed by atoms with van der Waals surface area (Å²) in [6.07, 6.45) is -4.56. The van der Waals surface area contributed by atoms with Gasteiger partial charge < -0.3 is 10.6 Å². The molecule has 3 aromatic carbocycles. The lowest BCUT2D eigenvalue weighted by Gasteiger charge is -2.16. The molecule has 0 saturated carbocycles. The number of nitrogens with one attached hydrogen (secondary N) is 2. The molecule has 4 nitrogen and oxygen atoms in total. The van der Waals surface area contributed by atoms with Crippen LogP contribution in [0, 0.1) is 6.92 Å². The summed E-state index contributed by atoms with van der Waals surface area (Å²) in [6.45, 7) is 3.52. The Morgan fingerprint density at radius 2 is 1.59 bits per heavy atom. The number of halogens is 3. The number of hydrogen-bond acceptors (Lipinski definition) is 3. The van der Waals surface area contributed by atoms with Crippen LogP contribution in [-0.2, 0) is 11.0 Å². The Balaban J connectivity index is 1.60. The van der Waals surface area contributed by atoms with Gasteiger partial charge in [-0.2, -0.15) is 13.2 Å². The Bertz CT molecular complexity index is 1110. The molecule has 32 heavy (non-hydrogen) atoms. The van der Waals surface area contributed by atoms with E-state index in [0.717, 1.165) is 16.5 Å². The summed E-state index contributed by atoms with van der Waals surface area (Å²) in [6, 6.07) is 19.0. The second-order valence-electron chi connectivity index (χ2n) is 7.14. The Morgan fingerprint density at radius 3 is 2.25 bits per heavy atom. The standard InChI is InChI=1S/C24H21F3N2O2S/c1-15-6-5-7-17(14-15)23(31)28-18-10-12-19(13-11-18)32-16(2)22(30)29-21-9-4-3-8-20(21)24(25,26)27/h3-14,16H,1-2H3,(H,28,31)(H,29,30). The van der Waals surface area contributed by atoms with Crippen LogP contribution in [0.1, 0.15) is 28.4 Å². The molecular formula is C24H21F3N2O2S. The van der Waals surface area contributed by atoms with E-state index in [9.17, 15) is 22.8 Å². The second-order valence-corrected chi connectivity index (χ2v) is 8.55. The number of alkyl halides is 3. The van der Waals surface area contributed by atoms with Gasteiger partial charge in [0.2, 0.25) is 5.91 Å². The normalized spacial score (nSPS) is 12.2. The number of benzene rings is 3. The van der Waals surface area contributed by atoms with Gasteiger partial charge in [0.05, 0.1) is 16.5 Å². The number of hydrogen-bond donors (Lipinski definition) is 2. The number of carbonyl (C=O) groups is 2. The van der Waals surface area contributed by atoms with E-state index >= 15 is 0 Å². The molecule has 166 valence electrons. The van der Waals surface area contributed by atoms with E-state index in [2.05, 4.69) is 10.6 Å². The van der Waals surface area contributed by atoms with Crippen molar-refractivity contribution in [2.45, 2.75) is 30.2 Å². The third kappa shape index (κ3) is 6.13. The number of para-hydroxylation sites is 1. The summed E-state index contributed by atoms with van der Waals surface area (Å²) in [5.74, 6) is -0.770. The molecule has 0 radical (unpaired) electrons. The molecule has 1 unspecified atom stereocenters. The van der Waals surface area contributed by atoms with E-state index in [1.807, 2.05) is 19.1 Å². The maximum atomic E-state index is 13.1. The van der Waals surface area contributed by atoms with Crippen molar-refractivity contribution in [1.29, 1.82) is 0 Å². The van der Waals surface area contributed by atoms with Gasteiger partial charge in [-0.1, -0.05) is 29.8 Å². The highest BCUT2D eigenvalue weighted by atomic mass is 32.2. The van der Waals surface area contributed by atoms with Crippen LogP contribution in [0.4, 0.5) is 24.5 Å². The first-order chi connectivity index (χ1) is 15.1. The van der Waals surface area contributed by atoms with Crippen LogP contribution in [0.3, 0.4) is 0 Å². The number of aryl methyl sites for hydroxylation is 1. The van der Waals surface area contributed by atoms with Crippen molar-refractivity contribution >= 4 is 35.0 Å². The molecule has 0 aliphatic carbocycles. The van der Waals surface area contributed by atoms with E-state index in [1.165, 1.54) is 30.0 Å². The molecule has 1 atom stereocenters. The predicted molar refractivity (Wildman–Crippen MR) is 121 cm³/mol. The first kappa shape index (κ1) is 23.4. The minimum absolute atomic E-state index is 0.231. The number of anilines is 2. The Morgan fingerprint density at radius 1 is 0.906 bits per heavy atom. The van der Waals surface area contributed by atoms with Gasteiger partial charge in [0.1, 0.15) is 0 Å². The maximum absolute atomic E-state index is 13.1. The van der Waals surface area contributed by atoms with E-state index in [4.69, 9.17) is 0 Å². The topological polar surface area (TPSA) is 58.2 Å². The zero-order valence-electron chi connectivity index (χ0n) is 17.4. The molecule has 2 N–H and O–H groups in total. The van der Waals surface area contributed by atoms with Crippen molar-refractivity contribution < 1.29 is 22.8 Å². The van der Waals surface area contributed by atoms with Crippen LogP contribution in [0.2, 0.25) is 0 Å². The fourth-order valence-electron chi connectivity index (χ4n) is 2.94. The Hall–Kier alpha value is -3.26. The average molecular weight is 459 g/mol. The highest BCUT2D eigenvalue weighted by Crippen LogP contribution is 2.35. The van der Waals surface area contributed by atoms with Crippen molar-refractivity contribution in [1.82, 2.24) is 0 Å². The molecule has 0 aromatic heterocycles. The highest BCUT2D eigenvalue weighted by Gasteiger charge is 2.33. The van der Waals surface area contributed by atoms with Gasteiger partial charge >= 0.3 is 6.18 Å². The quantitative estimate of drug-likeness (QED) is 0.421. The number of thioether (sulfide) groups is 1. The molecule has 0 aliphatic heterocycles. The fourth-order valence-corrected chi connectivity index (χ4v) is 3.81. The lowest BCUT2D eigenvalue weighted by molar-refractivity contribution is -0.137. The number of rotatable bonds is 6. The average Bonchev–Trinajstić information content (AvgIpc) is 2.74. The van der Waals surface area contributed by atoms with Crippen molar-refractivity contribution in [3.8, 4) is 0 Å². The van der Waals surface area contributed by atoms with E-state index in [-0.39, 0.29) is 11.6 Å². The molecule has 3 aromatic rings. The monoisotopic (exact) mass is 458 g/mol. The highest BCUT2D eigenvalue weighted by molar-refractivity contribution is 8.00. The summed E-state index contributed by atoms with van der Waals surface area (Å²) in [5, 5.41) is 4.53. The molecule has 0 fully saturated rings. The van der Waals surface area contributed by atoms with Gasteiger partial charge in [-0.3, -0.25) is 9.59 Å². The Kier molecular flexibility index (Phi) is 7.25. The third-order valence-corrected chi connectivity index (χ3v) is 5.68. The van der Waals surface area contributed by atoms with Crippen molar-refractivity contribution in [3.05, 3.63) is 89.5 Å². The fraction of sp³-hybridized carbons (Fsp3) is 0.167. The van der Waals surface area contributed by atoms with Crippen LogP contribution in [0.25, 0.3) is 0 Å². The molecule has 2 amide bonds. The molecule has 0 bridgehead atoms. The lowest BCUT2D eigenvalue weighted by Crippen LogP contribution is -2.24. The molecular weight excluding hydrogens is 437 g/mol. The largest absolute Gasteiger partial charge is 0.418 e. The van der Waals surface area contributed by atoms with Crippen molar-refractivity contribution in [2.75, 3.05) is 10.6 Å². The molecule has 8 heteroatoms. The van der Waals surface area contributed by atoms with Gasteiger partial charge in [-0.25, -0.2) is 0 Å². The van der Waals surface area contributed by atoms with Crippen LogP contribution >= 0.6 is 11.8 Å². The van der Waals surface area contributed by atoms with Crippen LogP contribution in [0.15, 0.2) is 77.7 Å². The number of carbonyl (C=O) groups excluding carboxylic acids is 2. The first-order valence-electron chi connectivity index (χ1n) is 9.75. The van der Waals surface area contributed by atoms with Crippen LogP contribution in [-0.4, -0.2) is 17.1 Å². The lowest BCUT2D eigenvalue weighted by atomic mass is 10.1. The molecule has 0 heterocycles. The van der Waals surface area contributed by atoms with Gasteiger partial charge in [-0.05, 0) is 62.4 Å². The summed E-state index contributed by atoms with van der Waals surface area (Å²) < 4.78 is 39.3. The molecule has 0 spiro atoms. The van der Waals surface area contributed by atoms with Crippen molar-refractivity contribution in [3.63, 3.8) is 0 Å². The van der Waals surface area contributed by atoms with Gasteiger partial charge in [-0.15, -0.1) is 11.8 Å². The SMILES string of the molecule is Cc1cccc(C(=O)Nc2ccc(SC(C)C(=O)Nc3ccccc3C(F)(F)F)cc2)c1. The molecule has 0 saturated heterocycles. The van der Waals surface area contributed by atoms with Gasteiger partial charge in [0.15, 0.2) is 0 Å². The predicted octanol–water partition coefficient (Wildman–Crippen LogP) is 6.39. The maximum Gasteiger partial charge on any atom is 0.418 e. The third-order valence-electron chi connectivity index (χ3n) is 4.56. The summed E-state index contributed by atoms with van der Waals surface area (Å²) in [4.78, 5) is 25.5. The van der Waals surface area contributed by atoms with Crippen molar-refractivity contribution in [2.24, 2.45) is 0 Å². The first-order valence-corrected chi connectivity index (χ1v) is 10.6. The summed E-state index contributed by atoms with van der Waals surface area (Å²) >= 11 is 1.20. The minimum Gasteiger partial charge on any atom is -0.325 e. The number of amides is 2. The molecule has 0 aliphatic rings. The van der Waals surface area contributed by atoms with Gasteiger partial charge in [0, 0.05) is 16.1 Å². The second kappa shape index (κ2) is 9.91. The van der Waals surface area contributed by atoms with E-state index in [1.54, 1.807) is 43.3 Å². The van der Waals surface area contributed by atoms with Crippen LogP contribution in [0.5, 0.6) is 0 Å². The van der Waals surface area contributed by atoms with E-state index in [0.29, 0.717) is 11.3 Å². The summed E-state index contributed by atoms with van der Waals surface area (Å²) in [5.41, 5.74) is 0.963. The smallest absolute Gasteiger partial charge is 0.325 e. The van der Waals surface area contributed by atoms with Crippen LogP contribution < -0.4 is 10.6 Å². The zero-order chi connectivity index (χ0) is 23.3. The minimum atomic E-state index is -4.56. The summed E-state index contributed by atoms with van der Waals surface area (Å²) in [7, 11) is 0. The van der Waals surface area contributed by atoms with E-state index < -0.39 is 22.9 Å². The Labute approximate surface area is 188 Å².